The second kappa shape index (κ2) is 19.9. The first-order valence-electron chi connectivity index (χ1n) is 14.3. The fourth-order valence-electron chi connectivity index (χ4n) is 5.01. The minimum Gasteiger partial charge on any atom is -0.247 e. The molecule has 0 spiro atoms. The number of aromatic amines is 1. The average molecular weight is 434 g/mol. The van der Waals surface area contributed by atoms with E-state index in [0.29, 0.717) is 12.0 Å². The highest BCUT2D eigenvalue weighted by atomic mass is 15.1. The molecule has 1 aromatic heterocycles. The molecule has 2 atom stereocenters. The summed E-state index contributed by atoms with van der Waals surface area (Å²) in [5, 5.41) is 0. The molecule has 1 N–H and O–H groups in total. The molecule has 2 nitrogen and oxygen atoms in total. The molecule has 0 saturated carbocycles. The third kappa shape index (κ3) is 13.4. The second-order valence-corrected chi connectivity index (χ2v) is 10.1. The lowest BCUT2D eigenvalue weighted by atomic mass is 9.96. The Morgan fingerprint density at radius 1 is 0.645 bits per heavy atom. The van der Waals surface area contributed by atoms with Crippen LogP contribution in [0, 0.1) is 0 Å². The Kier molecular flexibility index (Phi) is 18.1. The topological polar surface area (TPSA) is 19.7 Å². The van der Waals surface area contributed by atoms with Gasteiger partial charge >= 0.3 is 0 Å². The zero-order valence-electron chi connectivity index (χ0n) is 21.9. The molecule has 2 heteroatoms. The number of hydrogen-bond donors (Lipinski definition) is 1. The van der Waals surface area contributed by atoms with Gasteiger partial charge in [-0.1, -0.05) is 124 Å². The molecule has 0 radical (unpaired) electrons. The maximum atomic E-state index is 3.58. The van der Waals surface area contributed by atoms with Crippen molar-refractivity contribution in [1.29, 1.82) is 0 Å². The van der Waals surface area contributed by atoms with Gasteiger partial charge in [-0.2, -0.15) is 0 Å². The van der Waals surface area contributed by atoms with E-state index in [2.05, 4.69) is 49.6 Å². The van der Waals surface area contributed by atoms with Crippen molar-refractivity contribution in [3.8, 4) is 0 Å². The number of unbranched alkanes of at least 4 members (excludes halogenated alkanes) is 15. The summed E-state index contributed by atoms with van der Waals surface area (Å²) in [5.74, 6) is 2.16. The van der Waals surface area contributed by atoms with Crippen molar-refractivity contribution in [1.82, 2.24) is 4.98 Å². The van der Waals surface area contributed by atoms with Gasteiger partial charge in [0.2, 0.25) is 0 Å². The number of imidazole rings is 1. The van der Waals surface area contributed by atoms with Crippen LogP contribution in [0.25, 0.3) is 0 Å². The van der Waals surface area contributed by atoms with Crippen LogP contribution in [-0.4, -0.2) is 4.98 Å². The molecule has 0 aliphatic rings. The van der Waals surface area contributed by atoms with E-state index in [9.17, 15) is 0 Å². The third-order valence-electron chi connectivity index (χ3n) is 7.23. The molecule has 0 aliphatic heterocycles. The normalized spacial score (nSPS) is 13.5. The number of rotatable bonds is 22. The van der Waals surface area contributed by atoms with Crippen molar-refractivity contribution in [2.45, 2.75) is 168 Å². The number of nitrogens with zero attached hydrogens (tertiary/aromatic N) is 1. The molecule has 0 fully saturated rings. The minimum atomic E-state index is 0.622. The molecular formula is C29H57N2+. The van der Waals surface area contributed by atoms with Crippen molar-refractivity contribution in [3.05, 3.63) is 18.2 Å². The molecule has 0 aliphatic carbocycles. The molecule has 2 unspecified atom stereocenters. The van der Waals surface area contributed by atoms with Gasteiger partial charge in [0.05, 0.1) is 12.0 Å². The number of hydrogen-bond acceptors (Lipinski definition) is 0. The first-order chi connectivity index (χ1) is 15.2. The van der Waals surface area contributed by atoms with E-state index in [-0.39, 0.29) is 0 Å². The Morgan fingerprint density at radius 2 is 1.13 bits per heavy atom. The molecule has 182 valence electrons. The number of H-pyrrole nitrogens is 1. The standard InChI is InChI=1S/C29H56N2/c1-5-8-10-11-12-13-14-15-16-17-18-19-20-21-22-24-28(7-3)29-30-25-26-31(29)27(4)23-9-6-2/h25-28H,5-24H2,1-4H3/p+1. The summed E-state index contributed by atoms with van der Waals surface area (Å²) in [4.78, 5) is 3.58. The van der Waals surface area contributed by atoms with Gasteiger partial charge in [0.25, 0.3) is 5.82 Å². The Labute approximate surface area is 196 Å². The Balaban J connectivity index is 2.04. The average Bonchev–Trinajstić information content (AvgIpc) is 3.27. The van der Waals surface area contributed by atoms with Crippen LogP contribution in [0.4, 0.5) is 0 Å². The maximum absolute atomic E-state index is 3.58. The van der Waals surface area contributed by atoms with Crippen LogP contribution < -0.4 is 4.57 Å². The second-order valence-electron chi connectivity index (χ2n) is 10.1. The lowest BCUT2D eigenvalue weighted by molar-refractivity contribution is -0.727. The summed E-state index contributed by atoms with van der Waals surface area (Å²) in [7, 11) is 0. The smallest absolute Gasteiger partial charge is 0.247 e. The molecule has 0 aromatic carbocycles. The fraction of sp³-hybridized carbons (Fsp3) is 0.897. The molecule has 31 heavy (non-hydrogen) atoms. The van der Waals surface area contributed by atoms with E-state index in [4.69, 9.17) is 0 Å². The fourth-order valence-corrected chi connectivity index (χ4v) is 5.01. The van der Waals surface area contributed by atoms with Crippen LogP contribution in [0.15, 0.2) is 12.4 Å². The lowest BCUT2D eigenvalue weighted by Gasteiger charge is -2.15. The predicted octanol–water partition coefficient (Wildman–Crippen LogP) is 9.81. The van der Waals surface area contributed by atoms with Gasteiger partial charge in [-0.05, 0) is 32.6 Å². The maximum Gasteiger partial charge on any atom is 0.257 e. The zero-order valence-corrected chi connectivity index (χ0v) is 21.9. The van der Waals surface area contributed by atoms with Crippen LogP contribution in [0.2, 0.25) is 0 Å². The number of nitrogens with one attached hydrogen (secondary N) is 1. The SMILES string of the molecule is CCCCCCCCCCCCCCCCCC(CC)c1[nH]cc[n+]1C(C)CCCC. The van der Waals surface area contributed by atoms with E-state index >= 15 is 0 Å². The third-order valence-corrected chi connectivity index (χ3v) is 7.23. The Bertz CT molecular complexity index is 493. The van der Waals surface area contributed by atoms with Gasteiger partial charge < -0.3 is 0 Å². The first-order valence-corrected chi connectivity index (χ1v) is 14.3. The van der Waals surface area contributed by atoms with Crippen LogP contribution >= 0.6 is 0 Å². The molecule has 0 amide bonds. The quantitative estimate of drug-likeness (QED) is 0.139. The summed E-state index contributed by atoms with van der Waals surface area (Å²) in [6, 6.07) is 0.622. The molecule has 1 heterocycles. The Morgan fingerprint density at radius 3 is 1.61 bits per heavy atom. The van der Waals surface area contributed by atoms with Gasteiger partial charge in [0.1, 0.15) is 12.4 Å². The van der Waals surface area contributed by atoms with E-state index in [0.717, 1.165) is 0 Å². The van der Waals surface area contributed by atoms with Gasteiger partial charge in [0.15, 0.2) is 0 Å². The first kappa shape index (κ1) is 28.2. The largest absolute Gasteiger partial charge is 0.257 e. The van der Waals surface area contributed by atoms with Crippen molar-refractivity contribution in [3.63, 3.8) is 0 Å². The van der Waals surface area contributed by atoms with Crippen LogP contribution in [-0.2, 0) is 0 Å². The van der Waals surface area contributed by atoms with E-state index in [1.807, 2.05) is 0 Å². The summed E-state index contributed by atoms with van der Waals surface area (Å²) in [6.45, 7) is 9.33. The summed E-state index contributed by atoms with van der Waals surface area (Å²) < 4.78 is 2.52. The highest BCUT2D eigenvalue weighted by Crippen LogP contribution is 2.24. The van der Waals surface area contributed by atoms with Gasteiger partial charge in [0, 0.05) is 0 Å². The highest BCUT2D eigenvalue weighted by molar-refractivity contribution is 4.89. The van der Waals surface area contributed by atoms with Gasteiger partial charge in [-0.15, -0.1) is 0 Å². The van der Waals surface area contributed by atoms with Crippen LogP contribution in [0.3, 0.4) is 0 Å². The van der Waals surface area contributed by atoms with Crippen LogP contribution in [0.1, 0.15) is 174 Å². The molecule has 0 bridgehead atoms. The lowest BCUT2D eigenvalue weighted by Crippen LogP contribution is -2.41. The van der Waals surface area contributed by atoms with E-state index < -0.39 is 0 Å². The van der Waals surface area contributed by atoms with Crippen molar-refractivity contribution < 1.29 is 4.57 Å². The van der Waals surface area contributed by atoms with E-state index in [1.165, 1.54) is 134 Å². The van der Waals surface area contributed by atoms with E-state index in [1.54, 1.807) is 0 Å². The van der Waals surface area contributed by atoms with Gasteiger partial charge in [-0.25, -0.2) is 9.55 Å². The number of aromatic nitrogens is 2. The summed E-state index contributed by atoms with van der Waals surface area (Å²) in [5.41, 5.74) is 0. The minimum absolute atomic E-state index is 0.622. The summed E-state index contributed by atoms with van der Waals surface area (Å²) in [6.07, 6.45) is 32.6. The highest BCUT2D eigenvalue weighted by Gasteiger charge is 2.24. The molecule has 1 aromatic rings. The molecule has 0 saturated heterocycles. The van der Waals surface area contributed by atoms with Crippen molar-refractivity contribution >= 4 is 0 Å². The Hall–Kier alpha value is -0.790. The van der Waals surface area contributed by atoms with Gasteiger partial charge in [-0.3, -0.25) is 0 Å². The predicted molar refractivity (Wildman–Crippen MR) is 138 cm³/mol. The zero-order chi connectivity index (χ0) is 22.6. The monoisotopic (exact) mass is 433 g/mol. The molecule has 1 rings (SSSR count). The summed E-state index contributed by atoms with van der Waals surface area (Å²) >= 11 is 0. The molecular weight excluding hydrogens is 376 g/mol. The van der Waals surface area contributed by atoms with Crippen molar-refractivity contribution in [2.75, 3.05) is 0 Å². The van der Waals surface area contributed by atoms with Crippen molar-refractivity contribution in [2.24, 2.45) is 0 Å². The van der Waals surface area contributed by atoms with Crippen LogP contribution in [0.5, 0.6) is 0 Å².